The summed E-state index contributed by atoms with van der Waals surface area (Å²) >= 11 is 0. The van der Waals surface area contributed by atoms with Crippen molar-refractivity contribution in [1.82, 2.24) is 5.32 Å². The maximum absolute atomic E-state index is 11.6. The van der Waals surface area contributed by atoms with Crippen LogP contribution in [0.4, 0.5) is 0 Å². The van der Waals surface area contributed by atoms with Crippen molar-refractivity contribution in [3.8, 4) is 0 Å². The van der Waals surface area contributed by atoms with E-state index in [2.05, 4.69) is 5.32 Å². The molecule has 4 heteroatoms. The lowest BCUT2D eigenvalue weighted by atomic mass is 10.1. The van der Waals surface area contributed by atoms with E-state index in [-0.39, 0.29) is 18.9 Å². The molecule has 0 saturated heterocycles. The first-order valence-corrected chi connectivity index (χ1v) is 6.66. The number of rotatable bonds is 7. The average molecular weight is 265 g/mol. The van der Waals surface area contributed by atoms with E-state index in [1.165, 1.54) is 0 Å². The van der Waals surface area contributed by atoms with Gasteiger partial charge in [-0.2, -0.15) is 0 Å². The Labute approximate surface area is 114 Å². The molecule has 0 saturated carbocycles. The molecule has 0 fully saturated rings. The molecule has 2 unspecified atom stereocenters. The van der Waals surface area contributed by atoms with Crippen LogP contribution in [-0.2, 0) is 4.79 Å². The fraction of sp³-hybridized carbons (Fsp3) is 0.533. The highest BCUT2D eigenvalue weighted by Gasteiger charge is 2.14. The van der Waals surface area contributed by atoms with Crippen molar-refractivity contribution in [2.45, 2.75) is 38.9 Å². The third kappa shape index (κ3) is 6.36. The standard InChI is InChI=1S/C15H23NO3/c1-11(2)8-13(17)10-16-15(19)9-14(18)12-6-4-3-5-7-12/h3-7,11,13-14,17-18H,8-10H2,1-2H3,(H,16,19). The molecule has 0 radical (unpaired) electrons. The van der Waals surface area contributed by atoms with Crippen LogP contribution in [0.25, 0.3) is 0 Å². The highest BCUT2D eigenvalue weighted by molar-refractivity contribution is 5.76. The topological polar surface area (TPSA) is 69.6 Å². The Morgan fingerprint density at radius 1 is 1.21 bits per heavy atom. The highest BCUT2D eigenvalue weighted by atomic mass is 16.3. The summed E-state index contributed by atoms with van der Waals surface area (Å²) < 4.78 is 0. The summed E-state index contributed by atoms with van der Waals surface area (Å²) in [6.45, 7) is 4.27. The molecule has 0 heterocycles. The average Bonchev–Trinajstić information content (AvgIpc) is 2.36. The molecule has 0 aliphatic heterocycles. The summed E-state index contributed by atoms with van der Waals surface area (Å²) in [4.78, 5) is 11.6. The number of hydrogen-bond donors (Lipinski definition) is 3. The summed E-state index contributed by atoms with van der Waals surface area (Å²) in [6.07, 6.45) is -0.666. The van der Waals surface area contributed by atoms with Crippen LogP contribution < -0.4 is 5.32 Å². The molecule has 1 rings (SSSR count). The van der Waals surface area contributed by atoms with Crippen molar-refractivity contribution in [3.05, 3.63) is 35.9 Å². The van der Waals surface area contributed by atoms with E-state index in [9.17, 15) is 15.0 Å². The second-order valence-corrected chi connectivity index (χ2v) is 5.22. The molecule has 2 atom stereocenters. The lowest BCUT2D eigenvalue weighted by Gasteiger charge is -2.15. The Hall–Kier alpha value is -1.39. The quantitative estimate of drug-likeness (QED) is 0.702. The molecular weight excluding hydrogens is 242 g/mol. The van der Waals surface area contributed by atoms with E-state index in [0.29, 0.717) is 12.3 Å². The van der Waals surface area contributed by atoms with E-state index in [0.717, 1.165) is 5.56 Å². The molecule has 4 nitrogen and oxygen atoms in total. The van der Waals surface area contributed by atoms with Crippen LogP contribution in [0.1, 0.15) is 38.4 Å². The van der Waals surface area contributed by atoms with Crippen LogP contribution in [0.5, 0.6) is 0 Å². The molecule has 3 N–H and O–H groups in total. The first-order chi connectivity index (χ1) is 8.99. The zero-order valence-electron chi connectivity index (χ0n) is 11.5. The van der Waals surface area contributed by atoms with Crippen LogP contribution in [0.15, 0.2) is 30.3 Å². The van der Waals surface area contributed by atoms with Crippen LogP contribution in [0, 0.1) is 5.92 Å². The Morgan fingerprint density at radius 2 is 1.84 bits per heavy atom. The molecule has 1 amide bonds. The largest absolute Gasteiger partial charge is 0.391 e. The first kappa shape index (κ1) is 15.7. The Bertz CT molecular complexity index is 378. The van der Waals surface area contributed by atoms with E-state index >= 15 is 0 Å². The monoisotopic (exact) mass is 265 g/mol. The van der Waals surface area contributed by atoms with Gasteiger partial charge in [-0.1, -0.05) is 44.2 Å². The number of carbonyl (C=O) groups is 1. The minimum Gasteiger partial charge on any atom is -0.391 e. The maximum atomic E-state index is 11.6. The number of amides is 1. The predicted molar refractivity (Wildman–Crippen MR) is 74.5 cm³/mol. The minimum atomic E-state index is -0.802. The zero-order valence-corrected chi connectivity index (χ0v) is 11.5. The zero-order chi connectivity index (χ0) is 14.3. The number of carbonyl (C=O) groups excluding carboxylic acids is 1. The van der Waals surface area contributed by atoms with E-state index in [1.54, 1.807) is 12.1 Å². The maximum Gasteiger partial charge on any atom is 0.223 e. The molecule has 0 aromatic heterocycles. The van der Waals surface area contributed by atoms with Crippen LogP contribution in [0.2, 0.25) is 0 Å². The van der Waals surface area contributed by atoms with Gasteiger partial charge in [0, 0.05) is 6.54 Å². The van der Waals surface area contributed by atoms with Gasteiger partial charge in [-0.05, 0) is 17.9 Å². The Kier molecular flexibility index (Phi) is 6.53. The summed E-state index contributed by atoms with van der Waals surface area (Å²) in [5, 5.41) is 22.2. The number of benzene rings is 1. The normalized spacial score (nSPS) is 14.2. The molecule has 19 heavy (non-hydrogen) atoms. The van der Waals surface area contributed by atoms with Crippen molar-refractivity contribution in [2.24, 2.45) is 5.92 Å². The van der Waals surface area contributed by atoms with Crippen molar-refractivity contribution in [2.75, 3.05) is 6.54 Å². The van der Waals surface area contributed by atoms with Gasteiger partial charge >= 0.3 is 0 Å². The van der Waals surface area contributed by atoms with Gasteiger partial charge in [-0.3, -0.25) is 4.79 Å². The second kappa shape index (κ2) is 7.92. The molecular formula is C15H23NO3. The van der Waals surface area contributed by atoms with Gasteiger partial charge in [0.1, 0.15) is 0 Å². The Balaban J connectivity index is 2.31. The fourth-order valence-corrected chi connectivity index (χ4v) is 1.90. The molecule has 106 valence electrons. The molecule has 0 bridgehead atoms. The van der Waals surface area contributed by atoms with Crippen LogP contribution >= 0.6 is 0 Å². The third-order valence-corrected chi connectivity index (χ3v) is 2.84. The van der Waals surface area contributed by atoms with E-state index in [4.69, 9.17) is 0 Å². The van der Waals surface area contributed by atoms with Gasteiger partial charge < -0.3 is 15.5 Å². The smallest absolute Gasteiger partial charge is 0.223 e. The van der Waals surface area contributed by atoms with Crippen molar-refractivity contribution >= 4 is 5.91 Å². The highest BCUT2D eigenvalue weighted by Crippen LogP contribution is 2.15. The summed E-state index contributed by atoms with van der Waals surface area (Å²) in [7, 11) is 0. The van der Waals surface area contributed by atoms with Gasteiger partial charge in [0.25, 0.3) is 0 Å². The van der Waals surface area contributed by atoms with Gasteiger partial charge in [0.15, 0.2) is 0 Å². The third-order valence-electron chi connectivity index (χ3n) is 2.84. The van der Waals surface area contributed by atoms with E-state index < -0.39 is 12.2 Å². The van der Waals surface area contributed by atoms with Crippen molar-refractivity contribution in [1.29, 1.82) is 0 Å². The molecule has 1 aromatic carbocycles. The fourth-order valence-electron chi connectivity index (χ4n) is 1.90. The van der Waals surface area contributed by atoms with Gasteiger partial charge in [-0.15, -0.1) is 0 Å². The number of hydrogen-bond acceptors (Lipinski definition) is 3. The molecule has 0 spiro atoms. The lowest BCUT2D eigenvalue weighted by Crippen LogP contribution is -2.33. The minimum absolute atomic E-state index is 0.0123. The summed E-state index contributed by atoms with van der Waals surface area (Å²) in [6, 6.07) is 9.07. The first-order valence-electron chi connectivity index (χ1n) is 6.66. The van der Waals surface area contributed by atoms with Crippen molar-refractivity contribution in [3.63, 3.8) is 0 Å². The van der Waals surface area contributed by atoms with Gasteiger partial charge in [0.2, 0.25) is 5.91 Å². The molecule has 1 aromatic rings. The summed E-state index contributed by atoms with van der Waals surface area (Å²) in [5.41, 5.74) is 0.723. The van der Waals surface area contributed by atoms with Crippen molar-refractivity contribution < 1.29 is 15.0 Å². The van der Waals surface area contributed by atoms with Gasteiger partial charge in [0.05, 0.1) is 18.6 Å². The molecule has 0 aliphatic carbocycles. The predicted octanol–water partition coefficient (Wildman–Crippen LogP) is 1.63. The number of aliphatic hydroxyl groups excluding tert-OH is 2. The number of nitrogens with one attached hydrogen (secondary N) is 1. The lowest BCUT2D eigenvalue weighted by molar-refractivity contribution is -0.123. The van der Waals surface area contributed by atoms with Crippen LogP contribution in [-0.4, -0.2) is 28.8 Å². The Morgan fingerprint density at radius 3 is 2.42 bits per heavy atom. The van der Waals surface area contributed by atoms with E-state index in [1.807, 2.05) is 32.0 Å². The SMILES string of the molecule is CC(C)CC(O)CNC(=O)CC(O)c1ccccc1. The summed E-state index contributed by atoms with van der Waals surface area (Å²) in [5.74, 6) is 0.140. The molecule has 0 aliphatic rings. The number of aliphatic hydroxyl groups is 2. The van der Waals surface area contributed by atoms with Crippen LogP contribution in [0.3, 0.4) is 0 Å². The second-order valence-electron chi connectivity index (χ2n) is 5.22. The van der Waals surface area contributed by atoms with Gasteiger partial charge in [-0.25, -0.2) is 0 Å².